The number of ketones is 1. The van der Waals surface area contributed by atoms with Crippen molar-refractivity contribution < 1.29 is 23.8 Å². The Morgan fingerprint density at radius 3 is 2.32 bits per heavy atom. The second kappa shape index (κ2) is 7.63. The normalized spacial score (nSPS) is 50.4. The van der Waals surface area contributed by atoms with Crippen molar-refractivity contribution in [2.45, 2.75) is 135 Å². The first-order valence-electron chi connectivity index (χ1n) is 13.7. The summed E-state index contributed by atoms with van der Waals surface area (Å²) in [6.07, 6.45) is 4.77. The van der Waals surface area contributed by atoms with E-state index in [2.05, 4.69) is 47.7 Å². The third-order valence-electron chi connectivity index (χ3n) is 11.4. The smallest absolute Gasteiger partial charge is 0.192 e. The summed E-state index contributed by atoms with van der Waals surface area (Å²) < 4.78 is 20.7. The summed E-state index contributed by atoms with van der Waals surface area (Å²) in [6, 6.07) is 0. The van der Waals surface area contributed by atoms with Crippen molar-refractivity contribution in [3.05, 3.63) is 0 Å². The van der Waals surface area contributed by atoms with Crippen molar-refractivity contribution in [1.29, 1.82) is 0 Å². The minimum atomic E-state index is -2.07. The van der Waals surface area contributed by atoms with Crippen LogP contribution < -0.4 is 0 Å². The van der Waals surface area contributed by atoms with Crippen molar-refractivity contribution in [2.75, 3.05) is 0 Å². The molecule has 0 aromatic carbocycles. The van der Waals surface area contributed by atoms with Gasteiger partial charge in [-0.05, 0) is 93.2 Å². The van der Waals surface area contributed by atoms with Gasteiger partial charge in [-0.25, -0.2) is 0 Å². The van der Waals surface area contributed by atoms with E-state index >= 15 is 0 Å². The van der Waals surface area contributed by atoms with E-state index in [0.29, 0.717) is 24.0 Å². The van der Waals surface area contributed by atoms with Gasteiger partial charge in [-0.2, -0.15) is 0 Å². The van der Waals surface area contributed by atoms with Crippen LogP contribution in [-0.4, -0.2) is 49.4 Å². The van der Waals surface area contributed by atoms with Gasteiger partial charge in [0.1, 0.15) is 5.78 Å². The molecule has 4 saturated carbocycles. The molecule has 0 aromatic rings. The largest absolute Gasteiger partial charge is 0.414 e. The summed E-state index contributed by atoms with van der Waals surface area (Å²) in [5.74, 6) is 0.917. The maximum Gasteiger partial charge on any atom is 0.192 e. The number of fused-ring (bicyclic) bond motifs is 8. The Morgan fingerprint density at radius 1 is 1.03 bits per heavy atom. The highest BCUT2D eigenvalue weighted by atomic mass is 28.4. The number of Topliss-reactive ketones (excluding diaryl/α,β-unsaturated/α-hetero) is 1. The molecule has 1 N–H and O–H groups in total. The Balaban J connectivity index is 1.64. The highest BCUT2D eigenvalue weighted by molar-refractivity contribution is 6.74. The number of ether oxygens (including phenoxy) is 2. The minimum Gasteiger partial charge on any atom is -0.414 e. The van der Waals surface area contributed by atoms with Gasteiger partial charge >= 0.3 is 0 Å². The zero-order valence-electron chi connectivity index (χ0n) is 22.9. The Hall–Kier alpha value is -0.273. The molecule has 194 valence electrons. The van der Waals surface area contributed by atoms with E-state index in [0.717, 1.165) is 32.1 Å². The molecule has 1 heterocycles. The summed E-state index contributed by atoms with van der Waals surface area (Å²) in [4.78, 5) is 13.4. The molecular weight excluding hydrogens is 444 g/mol. The Bertz CT molecular complexity index is 848. The van der Waals surface area contributed by atoms with Gasteiger partial charge in [0.15, 0.2) is 14.1 Å². The fraction of sp³-hybridized carbons (Fsp3) is 0.964. The minimum absolute atomic E-state index is 0.00877. The first-order valence-corrected chi connectivity index (χ1v) is 16.7. The van der Waals surface area contributed by atoms with Gasteiger partial charge in [0.05, 0.1) is 18.3 Å². The summed E-state index contributed by atoms with van der Waals surface area (Å²) in [5.41, 5.74) is -0.332. The highest BCUT2D eigenvalue weighted by Crippen LogP contribution is 2.68. The highest BCUT2D eigenvalue weighted by Gasteiger charge is 2.71. The molecule has 5 nitrogen and oxygen atoms in total. The zero-order valence-corrected chi connectivity index (χ0v) is 23.9. The van der Waals surface area contributed by atoms with E-state index in [9.17, 15) is 9.90 Å². The van der Waals surface area contributed by atoms with Crippen LogP contribution in [0.1, 0.15) is 87.0 Å². The zero-order chi connectivity index (χ0) is 25.1. The van der Waals surface area contributed by atoms with Gasteiger partial charge in [0, 0.05) is 17.9 Å². The number of rotatable bonds is 2. The predicted molar refractivity (Wildman–Crippen MR) is 135 cm³/mol. The van der Waals surface area contributed by atoms with Gasteiger partial charge in [0.2, 0.25) is 0 Å². The molecule has 5 aliphatic rings. The molecule has 10 atom stereocenters. The topological polar surface area (TPSA) is 65.0 Å². The Labute approximate surface area is 207 Å². The predicted octanol–water partition coefficient (Wildman–Crippen LogP) is 5.70. The van der Waals surface area contributed by atoms with Crippen LogP contribution in [-0.2, 0) is 18.7 Å². The van der Waals surface area contributed by atoms with E-state index in [4.69, 9.17) is 13.9 Å². The van der Waals surface area contributed by atoms with E-state index in [1.165, 1.54) is 0 Å². The SMILES string of the molecule is CC1(C)O[C@H]2[C@H](O1)[C@H]1C[C@@H](O)CC[C@]1(C)[C@@H]1[C@@H]2[C@@H]2CCC(=O)[C@@]2(C)C[C@@H]1O[Si](C)(C)C(C)(C)C. The summed E-state index contributed by atoms with van der Waals surface area (Å²) in [6.45, 7) is 20.3. The van der Waals surface area contributed by atoms with Gasteiger partial charge in [-0.15, -0.1) is 0 Å². The number of carbonyl (C=O) groups is 1. The summed E-state index contributed by atoms with van der Waals surface area (Å²) >= 11 is 0. The third-order valence-corrected chi connectivity index (χ3v) is 15.9. The van der Waals surface area contributed by atoms with E-state index in [1.807, 2.05) is 13.8 Å². The molecule has 6 heteroatoms. The van der Waals surface area contributed by atoms with Crippen LogP contribution in [0.25, 0.3) is 0 Å². The molecule has 0 aromatic heterocycles. The Morgan fingerprint density at radius 2 is 1.68 bits per heavy atom. The van der Waals surface area contributed by atoms with Crippen LogP contribution in [0.3, 0.4) is 0 Å². The van der Waals surface area contributed by atoms with E-state index < -0.39 is 14.1 Å². The van der Waals surface area contributed by atoms with Crippen LogP contribution in [0.15, 0.2) is 0 Å². The lowest BCUT2D eigenvalue weighted by Crippen LogP contribution is -2.68. The quantitative estimate of drug-likeness (QED) is 0.501. The summed E-state index contributed by atoms with van der Waals surface area (Å²) in [7, 11) is -2.07. The lowest BCUT2D eigenvalue weighted by atomic mass is 9.43. The molecule has 0 spiro atoms. The van der Waals surface area contributed by atoms with Gasteiger partial charge in [-0.1, -0.05) is 34.6 Å². The standard InChI is InChI=1S/C28H48O5Si/c1-25(2,3)34(8,9)33-19-15-28(7)17(10-11-20(28)30)21-22(19)27(6)13-12-16(29)14-18(27)23-24(21)32-26(4,5)31-23/h16-19,21-24,29H,10-15H2,1-9H3/t16-,17-,18+,19-,21-,22-,23+,24+,27-,28-/m0/s1. The maximum atomic E-state index is 13.4. The first-order chi connectivity index (χ1) is 15.5. The monoisotopic (exact) mass is 492 g/mol. The number of carbonyl (C=O) groups excluding carboxylic acids is 1. The van der Waals surface area contributed by atoms with Gasteiger partial charge in [0.25, 0.3) is 0 Å². The van der Waals surface area contributed by atoms with E-state index in [1.54, 1.807) is 0 Å². The molecule has 0 radical (unpaired) electrons. The molecular formula is C28H48O5Si. The molecule has 5 fully saturated rings. The van der Waals surface area contributed by atoms with Crippen molar-refractivity contribution in [2.24, 2.45) is 34.5 Å². The van der Waals surface area contributed by atoms with Crippen LogP contribution >= 0.6 is 0 Å². The summed E-state index contributed by atoms with van der Waals surface area (Å²) in [5, 5.41) is 10.8. The van der Waals surface area contributed by atoms with E-state index in [-0.39, 0.29) is 52.1 Å². The van der Waals surface area contributed by atoms with Crippen molar-refractivity contribution >= 4 is 14.1 Å². The van der Waals surface area contributed by atoms with Gasteiger partial charge in [-0.3, -0.25) is 4.79 Å². The van der Waals surface area contributed by atoms with Crippen LogP contribution in [0.2, 0.25) is 18.1 Å². The van der Waals surface area contributed by atoms with Crippen LogP contribution in [0.4, 0.5) is 0 Å². The lowest BCUT2D eigenvalue weighted by molar-refractivity contribution is -0.216. The van der Waals surface area contributed by atoms with Crippen LogP contribution in [0, 0.1) is 34.5 Å². The number of aliphatic hydroxyl groups excluding tert-OH is 1. The fourth-order valence-electron chi connectivity index (χ4n) is 8.68. The molecule has 0 amide bonds. The molecule has 0 unspecified atom stereocenters. The van der Waals surface area contributed by atoms with Crippen molar-refractivity contribution in [3.63, 3.8) is 0 Å². The molecule has 4 aliphatic carbocycles. The van der Waals surface area contributed by atoms with Gasteiger partial charge < -0.3 is 19.0 Å². The second-order valence-electron chi connectivity index (χ2n) is 14.8. The van der Waals surface area contributed by atoms with Crippen LogP contribution in [0.5, 0.6) is 0 Å². The van der Waals surface area contributed by atoms with Crippen molar-refractivity contribution in [3.8, 4) is 0 Å². The maximum absolute atomic E-state index is 13.4. The van der Waals surface area contributed by atoms with Crippen molar-refractivity contribution in [1.82, 2.24) is 0 Å². The number of aliphatic hydroxyl groups is 1. The molecule has 34 heavy (non-hydrogen) atoms. The third kappa shape index (κ3) is 3.56. The number of hydrogen-bond acceptors (Lipinski definition) is 5. The lowest BCUT2D eigenvalue weighted by Gasteiger charge is -2.65. The first kappa shape index (κ1) is 25.4. The number of hydrogen-bond donors (Lipinski definition) is 1. The molecule has 1 saturated heterocycles. The molecule has 1 aliphatic heterocycles. The molecule has 5 rings (SSSR count). The average molecular weight is 493 g/mol. The molecule has 0 bridgehead atoms. The second-order valence-corrected chi connectivity index (χ2v) is 19.6. The Kier molecular flexibility index (Phi) is 5.69. The average Bonchev–Trinajstić information content (AvgIpc) is 3.17. The fourth-order valence-corrected chi connectivity index (χ4v) is 10.0.